The summed E-state index contributed by atoms with van der Waals surface area (Å²) in [6.45, 7) is 8.86. The minimum atomic E-state index is -4.02. The molecule has 2 aliphatic rings. The maximum atomic E-state index is 13.3. The van der Waals surface area contributed by atoms with Crippen LogP contribution in [0.1, 0.15) is 45.9 Å². The van der Waals surface area contributed by atoms with Gasteiger partial charge in [-0.1, -0.05) is 18.3 Å². The Labute approximate surface area is 209 Å². The minimum Gasteiger partial charge on any atom is -0.459 e. The smallest absolute Gasteiger partial charge is 0.407 e. The van der Waals surface area contributed by atoms with Crippen molar-refractivity contribution in [1.29, 1.82) is 0 Å². The van der Waals surface area contributed by atoms with Crippen molar-refractivity contribution >= 4 is 44.6 Å². The molecule has 3 atom stereocenters. The fraction of sp³-hybridized carbons (Fsp3) is 0.714. The monoisotopic (exact) mass is 531 g/mol. The molecule has 1 aromatic heterocycles. The number of likely N-dealkylation sites (N-methyl/N-ethyl adjacent to an activating group) is 1. The molecule has 0 spiro atoms. The summed E-state index contributed by atoms with van der Waals surface area (Å²) in [6.07, 6.45) is 1.44. The van der Waals surface area contributed by atoms with E-state index in [0.29, 0.717) is 23.0 Å². The van der Waals surface area contributed by atoms with Crippen LogP contribution in [-0.2, 0) is 35.9 Å². The van der Waals surface area contributed by atoms with Crippen LogP contribution >= 0.6 is 11.3 Å². The molecule has 2 aliphatic heterocycles. The number of hydrogen-bond donors (Lipinski definition) is 1. The summed E-state index contributed by atoms with van der Waals surface area (Å²) in [5.41, 5.74) is -0.731. The van der Waals surface area contributed by atoms with Gasteiger partial charge < -0.3 is 14.8 Å². The normalized spacial score (nSPS) is 23.0. The van der Waals surface area contributed by atoms with Crippen LogP contribution in [0.5, 0.6) is 0 Å². The van der Waals surface area contributed by atoms with Gasteiger partial charge >= 0.3 is 12.1 Å². The molecule has 14 heteroatoms. The molecule has 196 valence electrons. The number of esters is 1. The first-order chi connectivity index (χ1) is 16.3. The zero-order valence-electron chi connectivity index (χ0n) is 20.8. The van der Waals surface area contributed by atoms with E-state index in [9.17, 15) is 22.8 Å². The maximum Gasteiger partial charge on any atom is 0.407 e. The molecule has 3 heterocycles. The number of rotatable bonds is 8. The highest BCUT2D eigenvalue weighted by molar-refractivity contribution is 7.86. The zero-order chi connectivity index (χ0) is 26.1. The van der Waals surface area contributed by atoms with E-state index >= 15 is 0 Å². The van der Waals surface area contributed by atoms with Gasteiger partial charge in [0.2, 0.25) is 5.91 Å². The molecule has 0 saturated carbocycles. The second-order valence-corrected chi connectivity index (χ2v) is 12.6. The summed E-state index contributed by atoms with van der Waals surface area (Å²) >= 11 is 1.22. The van der Waals surface area contributed by atoms with Crippen molar-refractivity contribution < 1.29 is 32.3 Å². The quantitative estimate of drug-likeness (QED) is 0.496. The lowest BCUT2D eigenvalue weighted by Crippen LogP contribution is -2.49. The maximum absolute atomic E-state index is 13.3. The number of ether oxygens (including phenoxy) is 2. The van der Waals surface area contributed by atoms with E-state index in [1.807, 2.05) is 0 Å². The number of alkyl carbamates (subject to hydrolysis) is 1. The van der Waals surface area contributed by atoms with Crippen molar-refractivity contribution in [2.24, 2.45) is 5.92 Å². The van der Waals surface area contributed by atoms with E-state index in [-0.39, 0.29) is 25.1 Å². The number of aromatic nitrogens is 1. The molecule has 0 aliphatic carbocycles. The van der Waals surface area contributed by atoms with Gasteiger partial charge in [-0.25, -0.2) is 9.78 Å². The second-order valence-electron chi connectivity index (χ2n) is 9.52. The number of nitrogens with one attached hydrogen (secondary N) is 1. The average Bonchev–Trinajstić information content (AvgIpc) is 3.43. The lowest BCUT2D eigenvalue weighted by Gasteiger charge is -2.30. The van der Waals surface area contributed by atoms with Crippen molar-refractivity contribution in [2.75, 3.05) is 31.6 Å². The summed E-state index contributed by atoms with van der Waals surface area (Å²) < 4.78 is 39.3. The van der Waals surface area contributed by atoms with Crippen molar-refractivity contribution in [3.63, 3.8) is 0 Å². The summed E-state index contributed by atoms with van der Waals surface area (Å²) in [5.74, 6) is -1.46. The molecule has 3 rings (SSSR count). The van der Waals surface area contributed by atoms with E-state index in [1.54, 1.807) is 45.7 Å². The summed E-state index contributed by atoms with van der Waals surface area (Å²) in [7, 11) is -2.69. The Morgan fingerprint density at radius 2 is 2.03 bits per heavy atom. The SMILES string of the molecule is CCNC(=O)OCc1cnc(N2C(=O)[C@@H](C)[C@@H]3[C@@H]2CCN3S(=O)(=O)N(C)CC(=O)OC(C)(C)C)s1. The van der Waals surface area contributed by atoms with Crippen LogP contribution in [0.3, 0.4) is 0 Å². The highest BCUT2D eigenvalue weighted by Crippen LogP contribution is 2.42. The predicted octanol–water partition coefficient (Wildman–Crippen LogP) is 1.33. The van der Waals surface area contributed by atoms with E-state index in [4.69, 9.17) is 9.47 Å². The first kappa shape index (κ1) is 27.3. The Morgan fingerprint density at radius 1 is 1.34 bits per heavy atom. The first-order valence-electron chi connectivity index (χ1n) is 11.4. The van der Waals surface area contributed by atoms with Crippen LogP contribution in [0.4, 0.5) is 9.93 Å². The Bertz CT molecular complexity index is 1070. The highest BCUT2D eigenvalue weighted by Gasteiger charge is 2.56. The van der Waals surface area contributed by atoms with E-state index in [1.165, 1.54) is 22.7 Å². The van der Waals surface area contributed by atoms with Gasteiger partial charge in [0.05, 0.1) is 22.9 Å². The average molecular weight is 532 g/mol. The molecule has 2 fully saturated rings. The summed E-state index contributed by atoms with van der Waals surface area (Å²) in [5, 5.41) is 2.97. The van der Waals surface area contributed by atoms with E-state index in [0.717, 1.165) is 4.31 Å². The number of carbonyl (C=O) groups excluding carboxylic acids is 3. The molecule has 2 amide bonds. The molecule has 1 aromatic rings. The molecule has 12 nitrogen and oxygen atoms in total. The zero-order valence-corrected chi connectivity index (χ0v) is 22.4. The predicted molar refractivity (Wildman–Crippen MR) is 129 cm³/mol. The minimum absolute atomic E-state index is 0.0190. The molecule has 0 bridgehead atoms. The van der Waals surface area contributed by atoms with Crippen LogP contribution in [0.15, 0.2) is 6.20 Å². The number of anilines is 1. The van der Waals surface area contributed by atoms with Crippen LogP contribution < -0.4 is 10.2 Å². The third-order valence-electron chi connectivity index (χ3n) is 5.72. The molecule has 2 saturated heterocycles. The van der Waals surface area contributed by atoms with Gasteiger partial charge in [0.15, 0.2) is 5.13 Å². The molecular formula is C21H33N5O7S2. The molecular weight excluding hydrogens is 498 g/mol. The number of hydrogen-bond acceptors (Lipinski definition) is 9. The molecule has 0 radical (unpaired) electrons. The van der Waals surface area contributed by atoms with Crippen LogP contribution in [0.2, 0.25) is 0 Å². The number of thiazole rings is 1. The van der Waals surface area contributed by atoms with E-state index < -0.39 is 46.4 Å². The Hall–Kier alpha value is -2.29. The molecule has 0 unspecified atom stereocenters. The molecule has 35 heavy (non-hydrogen) atoms. The Balaban J connectivity index is 1.73. The standard InChI is InChI=1S/C21H33N5O7S2/c1-7-22-20(29)32-12-14-10-23-19(34-14)26-15-8-9-25(17(15)13(2)18(26)28)35(30,31)24(6)11-16(27)33-21(3,4)5/h10,13,15,17H,7-9,11-12H2,1-6H3,(H,22,29)/t13-,15-,17+/m0/s1. The Morgan fingerprint density at radius 3 is 2.66 bits per heavy atom. The van der Waals surface area contributed by atoms with Gasteiger partial charge in [-0.05, 0) is 34.1 Å². The number of amides is 2. The third kappa shape index (κ3) is 5.93. The van der Waals surface area contributed by atoms with Crippen LogP contribution in [-0.4, -0.2) is 84.3 Å². The first-order valence-corrected chi connectivity index (χ1v) is 13.6. The third-order valence-corrected chi connectivity index (χ3v) is 8.62. The van der Waals surface area contributed by atoms with Gasteiger partial charge in [0.25, 0.3) is 10.2 Å². The van der Waals surface area contributed by atoms with Gasteiger partial charge in [0.1, 0.15) is 18.8 Å². The van der Waals surface area contributed by atoms with Crippen molar-refractivity contribution in [3.8, 4) is 0 Å². The number of carbonyl (C=O) groups is 3. The second kappa shape index (κ2) is 10.4. The molecule has 1 N–H and O–H groups in total. The van der Waals surface area contributed by atoms with E-state index in [2.05, 4.69) is 10.3 Å². The number of fused-ring (bicyclic) bond motifs is 1. The lowest BCUT2D eigenvalue weighted by molar-refractivity contribution is -0.154. The largest absolute Gasteiger partial charge is 0.459 e. The highest BCUT2D eigenvalue weighted by atomic mass is 32.2. The summed E-state index contributed by atoms with van der Waals surface area (Å²) in [6, 6.07) is -0.974. The van der Waals surface area contributed by atoms with Crippen LogP contribution in [0, 0.1) is 5.92 Å². The van der Waals surface area contributed by atoms with Crippen molar-refractivity contribution in [2.45, 2.75) is 65.3 Å². The topological polar surface area (TPSA) is 138 Å². The van der Waals surface area contributed by atoms with Crippen molar-refractivity contribution in [1.82, 2.24) is 18.9 Å². The molecule has 0 aromatic carbocycles. The Kier molecular flexibility index (Phi) is 8.09. The number of nitrogens with zero attached hydrogens (tertiary/aromatic N) is 4. The fourth-order valence-corrected chi connectivity index (χ4v) is 6.77. The van der Waals surface area contributed by atoms with Crippen LogP contribution in [0.25, 0.3) is 0 Å². The van der Waals surface area contributed by atoms with Gasteiger partial charge in [-0.2, -0.15) is 17.0 Å². The van der Waals surface area contributed by atoms with Gasteiger partial charge in [-0.15, -0.1) is 0 Å². The van der Waals surface area contributed by atoms with Gasteiger partial charge in [-0.3, -0.25) is 14.5 Å². The fourth-order valence-electron chi connectivity index (χ4n) is 4.29. The lowest BCUT2D eigenvalue weighted by atomic mass is 10.0. The van der Waals surface area contributed by atoms with Gasteiger partial charge in [0, 0.05) is 26.3 Å². The van der Waals surface area contributed by atoms with Crippen molar-refractivity contribution in [3.05, 3.63) is 11.1 Å². The summed E-state index contributed by atoms with van der Waals surface area (Å²) in [4.78, 5) is 43.4.